The Morgan fingerprint density at radius 1 is 1.14 bits per heavy atom. The predicted molar refractivity (Wildman–Crippen MR) is 80.2 cm³/mol. The van der Waals surface area contributed by atoms with Crippen molar-refractivity contribution in [2.24, 2.45) is 0 Å². The summed E-state index contributed by atoms with van der Waals surface area (Å²) >= 11 is 11.6. The van der Waals surface area contributed by atoms with E-state index in [9.17, 15) is 9.18 Å². The molecule has 0 heterocycles. The van der Waals surface area contributed by atoms with Gasteiger partial charge in [-0.2, -0.15) is 0 Å². The highest BCUT2D eigenvalue weighted by Crippen LogP contribution is 2.26. The van der Waals surface area contributed by atoms with E-state index in [-0.39, 0.29) is 24.9 Å². The number of amides is 1. The van der Waals surface area contributed by atoms with Crippen LogP contribution >= 0.6 is 23.2 Å². The van der Waals surface area contributed by atoms with Crippen LogP contribution < -0.4 is 10.1 Å². The van der Waals surface area contributed by atoms with Crippen molar-refractivity contribution in [1.82, 2.24) is 5.32 Å². The molecule has 110 valence electrons. The Hall–Kier alpha value is -1.78. The van der Waals surface area contributed by atoms with Crippen molar-refractivity contribution in [2.75, 3.05) is 6.61 Å². The molecule has 0 saturated carbocycles. The summed E-state index contributed by atoms with van der Waals surface area (Å²) in [6.07, 6.45) is 0. The van der Waals surface area contributed by atoms with Crippen molar-refractivity contribution >= 4 is 29.1 Å². The number of rotatable bonds is 5. The molecule has 3 nitrogen and oxygen atoms in total. The molecular weight excluding hydrogens is 316 g/mol. The third-order valence-corrected chi connectivity index (χ3v) is 3.43. The zero-order valence-electron chi connectivity index (χ0n) is 10.9. The summed E-state index contributed by atoms with van der Waals surface area (Å²) in [7, 11) is 0. The van der Waals surface area contributed by atoms with Crippen molar-refractivity contribution in [3.8, 4) is 5.75 Å². The minimum atomic E-state index is -0.358. The number of benzene rings is 2. The van der Waals surface area contributed by atoms with Gasteiger partial charge in [0.1, 0.15) is 11.6 Å². The Kier molecular flexibility index (Phi) is 5.42. The fraction of sp³-hybridized carbons (Fsp3) is 0.133. The van der Waals surface area contributed by atoms with Crippen LogP contribution in [0.1, 0.15) is 5.56 Å². The Labute approximate surface area is 131 Å². The molecule has 0 atom stereocenters. The maximum absolute atomic E-state index is 13.4. The molecule has 1 N–H and O–H groups in total. The minimum Gasteiger partial charge on any atom is -0.484 e. The van der Waals surface area contributed by atoms with Crippen LogP contribution in [0, 0.1) is 5.82 Å². The van der Waals surface area contributed by atoms with Gasteiger partial charge in [-0.15, -0.1) is 0 Å². The molecule has 2 aromatic rings. The Bertz CT molecular complexity index is 649. The van der Waals surface area contributed by atoms with Gasteiger partial charge in [-0.25, -0.2) is 4.39 Å². The quantitative estimate of drug-likeness (QED) is 0.906. The van der Waals surface area contributed by atoms with Crippen molar-refractivity contribution in [1.29, 1.82) is 0 Å². The van der Waals surface area contributed by atoms with Crippen LogP contribution in [0.3, 0.4) is 0 Å². The molecule has 0 aromatic heterocycles. The summed E-state index contributed by atoms with van der Waals surface area (Å²) < 4.78 is 18.6. The first-order valence-corrected chi connectivity index (χ1v) is 6.90. The maximum Gasteiger partial charge on any atom is 0.258 e. The topological polar surface area (TPSA) is 38.3 Å². The number of nitrogens with one attached hydrogen (secondary N) is 1. The summed E-state index contributed by atoms with van der Waals surface area (Å²) in [5, 5.41) is 3.33. The standard InChI is InChI=1S/C15H12Cl2FNO2/c16-12-6-5-11(7-13(12)17)21-9-15(20)19-8-10-3-1-2-4-14(10)18/h1-7H,8-9H2,(H,19,20). The van der Waals surface area contributed by atoms with Crippen LogP contribution in [0.5, 0.6) is 5.75 Å². The number of carbonyl (C=O) groups is 1. The van der Waals surface area contributed by atoms with Crippen LogP contribution in [0.2, 0.25) is 10.0 Å². The zero-order chi connectivity index (χ0) is 15.2. The Morgan fingerprint density at radius 2 is 1.90 bits per heavy atom. The van der Waals surface area contributed by atoms with Gasteiger partial charge in [0.2, 0.25) is 0 Å². The van der Waals surface area contributed by atoms with E-state index < -0.39 is 0 Å². The molecule has 0 aliphatic heterocycles. The molecule has 2 aromatic carbocycles. The molecule has 1 amide bonds. The molecule has 6 heteroatoms. The second-order valence-corrected chi connectivity index (χ2v) is 5.05. The molecule has 0 unspecified atom stereocenters. The van der Waals surface area contributed by atoms with Crippen LogP contribution in [0.15, 0.2) is 42.5 Å². The molecule has 2 rings (SSSR count). The smallest absolute Gasteiger partial charge is 0.258 e. The average molecular weight is 328 g/mol. The fourth-order valence-electron chi connectivity index (χ4n) is 1.60. The van der Waals surface area contributed by atoms with Crippen LogP contribution in [-0.4, -0.2) is 12.5 Å². The molecule has 0 saturated heterocycles. The van der Waals surface area contributed by atoms with E-state index in [1.54, 1.807) is 30.3 Å². The second-order valence-electron chi connectivity index (χ2n) is 4.23. The first kappa shape index (κ1) is 15.6. The normalized spacial score (nSPS) is 10.2. The number of halogens is 3. The van der Waals surface area contributed by atoms with E-state index in [0.29, 0.717) is 21.4 Å². The number of carbonyl (C=O) groups excluding carboxylic acids is 1. The highest BCUT2D eigenvalue weighted by Gasteiger charge is 2.06. The zero-order valence-corrected chi connectivity index (χ0v) is 12.4. The van der Waals surface area contributed by atoms with E-state index in [1.807, 2.05) is 0 Å². The lowest BCUT2D eigenvalue weighted by Crippen LogP contribution is -2.28. The number of hydrogen-bond acceptors (Lipinski definition) is 2. The molecule has 0 aliphatic carbocycles. The number of ether oxygens (including phenoxy) is 1. The summed E-state index contributed by atoms with van der Waals surface area (Å²) in [4.78, 5) is 11.6. The summed E-state index contributed by atoms with van der Waals surface area (Å²) in [6.45, 7) is -0.0807. The van der Waals surface area contributed by atoms with Crippen molar-refractivity contribution in [3.63, 3.8) is 0 Å². The van der Waals surface area contributed by atoms with E-state index in [2.05, 4.69) is 5.32 Å². The lowest BCUT2D eigenvalue weighted by atomic mass is 10.2. The van der Waals surface area contributed by atoms with Gasteiger partial charge in [0.15, 0.2) is 6.61 Å². The SMILES string of the molecule is O=C(COc1ccc(Cl)c(Cl)c1)NCc1ccccc1F. The number of hydrogen-bond donors (Lipinski definition) is 1. The van der Waals surface area contributed by atoms with Crippen molar-refractivity contribution in [3.05, 3.63) is 63.9 Å². The molecule has 0 bridgehead atoms. The predicted octanol–water partition coefficient (Wildman–Crippen LogP) is 3.83. The van der Waals surface area contributed by atoms with Crippen molar-refractivity contribution < 1.29 is 13.9 Å². The highest BCUT2D eigenvalue weighted by molar-refractivity contribution is 6.42. The third-order valence-electron chi connectivity index (χ3n) is 2.69. The molecule has 0 radical (unpaired) electrons. The van der Waals surface area contributed by atoms with E-state index in [4.69, 9.17) is 27.9 Å². The summed E-state index contributed by atoms with van der Waals surface area (Å²) in [5.41, 5.74) is 0.417. The minimum absolute atomic E-state index is 0.107. The monoisotopic (exact) mass is 327 g/mol. The van der Waals surface area contributed by atoms with Crippen LogP contribution in [-0.2, 0) is 11.3 Å². The summed E-state index contributed by atoms with van der Waals surface area (Å²) in [6, 6.07) is 11.0. The van der Waals surface area contributed by atoms with Gasteiger partial charge in [0.05, 0.1) is 10.0 Å². The van der Waals surface area contributed by atoms with E-state index in [0.717, 1.165) is 0 Å². The van der Waals surface area contributed by atoms with Crippen LogP contribution in [0.25, 0.3) is 0 Å². The van der Waals surface area contributed by atoms with Gasteiger partial charge in [-0.1, -0.05) is 41.4 Å². The molecule has 21 heavy (non-hydrogen) atoms. The first-order valence-electron chi connectivity index (χ1n) is 6.14. The second kappa shape index (κ2) is 7.29. The molecule has 0 aliphatic rings. The Morgan fingerprint density at radius 3 is 2.62 bits per heavy atom. The van der Waals surface area contributed by atoms with Crippen LogP contribution in [0.4, 0.5) is 4.39 Å². The van der Waals surface area contributed by atoms with Gasteiger partial charge < -0.3 is 10.1 Å². The van der Waals surface area contributed by atoms with E-state index in [1.165, 1.54) is 12.1 Å². The molecule has 0 fully saturated rings. The highest BCUT2D eigenvalue weighted by atomic mass is 35.5. The molecular formula is C15H12Cl2FNO2. The lowest BCUT2D eigenvalue weighted by molar-refractivity contribution is -0.123. The summed E-state index contributed by atoms with van der Waals surface area (Å²) in [5.74, 6) is -0.280. The van der Waals surface area contributed by atoms with E-state index >= 15 is 0 Å². The largest absolute Gasteiger partial charge is 0.484 e. The molecule has 0 spiro atoms. The van der Waals surface area contributed by atoms with Gasteiger partial charge in [0, 0.05) is 18.2 Å². The van der Waals surface area contributed by atoms with Gasteiger partial charge in [0.25, 0.3) is 5.91 Å². The van der Waals surface area contributed by atoms with Gasteiger partial charge in [-0.3, -0.25) is 4.79 Å². The lowest BCUT2D eigenvalue weighted by Gasteiger charge is -2.08. The maximum atomic E-state index is 13.4. The first-order chi connectivity index (χ1) is 10.1. The van der Waals surface area contributed by atoms with Gasteiger partial charge >= 0.3 is 0 Å². The van der Waals surface area contributed by atoms with Crippen molar-refractivity contribution in [2.45, 2.75) is 6.54 Å². The third kappa shape index (κ3) is 4.62. The van der Waals surface area contributed by atoms with Gasteiger partial charge in [-0.05, 0) is 18.2 Å². The average Bonchev–Trinajstić information content (AvgIpc) is 2.47. The Balaban J connectivity index is 1.82. The fourth-order valence-corrected chi connectivity index (χ4v) is 1.89.